The van der Waals surface area contributed by atoms with Crippen LogP contribution in [0.5, 0.6) is 0 Å². The number of nitrogens with zero attached hydrogens (tertiary/aromatic N) is 1. The van der Waals surface area contributed by atoms with Gasteiger partial charge in [-0.2, -0.15) is 0 Å². The van der Waals surface area contributed by atoms with Crippen LogP contribution in [0, 0.1) is 5.41 Å². The first-order chi connectivity index (χ1) is 9.33. The van der Waals surface area contributed by atoms with Crippen LogP contribution in [-0.2, 0) is 9.53 Å². The molecule has 110 valence electrons. The normalized spacial score (nSPS) is 10.8. The molecule has 1 heterocycles. The van der Waals surface area contributed by atoms with Crippen molar-refractivity contribution in [2.75, 3.05) is 31.8 Å². The van der Waals surface area contributed by atoms with Crippen molar-refractivity contribution in [3.63, 3.8) is 0 Å². The van der Waals surface area contributed by atoms with Gasteiger partial charge in [0.1, 0.15) is 5.82 Å². The topological polar surface area (TPSA) is 106 Å². The van der Waals surface area contributed by atoms with E-state index in [4.69, 9.17) is 5.73 Å². The summed E-state index contributed by atoms with van der Waals surface area (Å²) >= 11 is 0. The van der Waals surface area contributed by atoms with E-state index in [1.807, 2.05) is 0 Å². The highest BCUT2D eigenvalue weighted by Crippen LogP contribution is 2.23. The molecule has 4 N–H and O–H groups in total. The molecule has 0 radical (unpaired) electrons. The lowest BCUT2D eigenvalue weighted by atomic mass is 9.92. The number of pyridine rings is 1. The van der Waals surface area contributed by atoms with Crippen LogP contribution in [0.15, 0.2) is 12.3 Å². The Morgan fingerprint density at radius 1 is 1.45 bits per heavy atom. The molecule has 1 amide bonds. The predicted molar refractivity (Wildman–Crippen MR) is 76.3 cm³/mol. The number of hydrogen-bond donors (Lipinski definition) is 3. The molecule has 7 nitrogen and oxygen atoms in total. The van der Waals surface area contributed by atoms with Crippen molar-refractivity contribution in [3.05, 3.63) is 17.8 Å². The largest absolute Gasteiger partial charge is 0.465 e. The minimum Gasteiger partial charge on any atom is -0.465 e. The van der Waals surface area contributed by atoms with Crippen LogP contribution in [0.2, 0.25) is 0 Å². The molecular weight excluding hydrogens is 260 g/mol. The number of nitrogens with one attached hydrogen (secondary N) is 2. The Morgan fingerprint density at radius 2 is 2.10 bits per heavy atom. The van der Waals surface area contributed by atoms with Crippen molar-refractivity contribution in [2.24, 2.45) is 5.41 Å². The molecule has 0 fully saturated rings. The van der Waals surface area contributed by atoms with Crippen molar-refractivity contribution in [2.45, 2.75) is 13.8 Å². The number of esters is 1. The van der Waals surface area contributed by atoms with Gasteiger partial charge in [0.05, 0.1) is 23.8 Å². The van der Waals surface area contributed by atoms with Crippen LogP contribution < -0.4 is 16.4 Å². The lowest BCUT2D eigenvalue weighted by molar-refractivity contribution is -0.128. The van der Waals surface area contributed by atoms with Gasteiger partial charge in [-0.05, 0) is 19.9 Å². The number of aromatic nitrogens is 1. The maximum atomic E-state index is 11.7. The summed E-state index contributed by atoms with van der Waals surface area (Å²) in [6.45, 7) is 3.91. The quantitative estimate of drug-likeness (QED) is 0.683. The fourth-order valence-electron chi connectivity index (χ4n) is 1.63. The van der Waals surface area contributed by atoms with E-state index in [0.29, 0.717) is 12.4 Å². The van der Waals surface area contributed by atoms with E-state index in [2.05, 4.69) is 20.4 Å². The van der Waals surface area contributed by atoms with E-state index >= 15 is 0 Å². The summed E-state index contributed by atoms with van der Waals surface area (Å²) in [5.41, 5.74) is 5.68. The number of carbonyl (C=O) groups is 2. The number of rotatable bonds is 5. The fourth-order valence-corrected chi connectivity index (χ4v) is 1.63. The molecule has 0 aliphatic rings. The first-order valence-corrected chi connectivity index (χ1v) is 6.12. The van der Waals surface area contributed by atoms with Gasteiger partial charge in [0, 0.05) is 19.8 Å². The van der Waals surface area contributed by atoms with E-state index < -0.39 is 11.4 Å². The predicted octanol–water partition coefficient (Wildman–Crippen LogP) is 0.634. The highest BCUT2D eigenvalue weighted by Gasteiger charge is 2.27. The maximum Gasteiger partial charge on any atom is 0.340 e. The van der Waals surface area contributed by atoms with Crippen LogP contribution in [0.3, 0.4) is 0 Å². The van der Waals surface area contributed by atoms with E-state index in [0.717, 1.165) is 0 Å². The summed E-state index contributed by atoms with van der Waals surface area (Å²) in [5, 5.41) is 5.57. The maximum absolute atomic E-state index is 11.7. The van der Waals surface area contributed by atoms with Crippen LogP contribution in [-0.4, -0.2) is 37.6 Å². The second kappa shape index (κ2) is 6.23. The summed E-state index contributed by atoms with van der Waals surface area (Å²) in [4.78, 5) is 27.3. The second-order valence-corrected chi connectivity index (χ2v) is 4.93. The zero-order valence-electron chi connectivity index (χ0n) is 12.1. The average molecular weight is 280 g/mol. The number of amides is 1. The van der Waals surface area contributed by atoms with Crippen LogP contribution >= 0.6 is 0 Å². The number of carbonyl (C=O) groups excluding carboxylic acids is 2. The Kier molecular flexibility index (Phi) is 4.90. The van der Waals surface area contributed by atoms with Gasteiger partial charge >= 0.3 is 5.97 Å². The molecule has 0 unspecified atom stereocenters. The summed E-state index contributed by atoms with van der Waals surface area (Å²) < 4.78 is 4.63. The van der Waals surface area contributed by atoms with E-state index in [9.17, 15) is 9.59 Å². The molecule has 20 heavy (non-hydrogen) atoms. The third-order valence-corrected chi connectivity index (χ3v) is 2.93. The van der Waals surface area contributed by atoms with E-state index in [1.54, 1.807) is 20.9 Å². The van der Waals surface area contributed by atoms with Crippen LogP contribution in [0.25, 0.3) is 0 Å². The highest BCUT2D eigenvalue weighted by molar-refractivity contribution is 5.97. The molecule has 0 aliphatic carbocycles. The summed E-state index contributed by atoms with van der Waals surface area (Å²) in [6.07, 6.45) is 1.46. The zero-order valence-corrected chi connectivity index (χ0v) is 12.1. The number of nitrogens with two attached hydrogens (primary N) is 1. The Balaban J connectivity index is 2.89. The van der Waals surface area contributed by atoms with Gasteiger partial charge in [-0.15, -0.1) is 0 Å². The van der Waals surface area contributed by atoms with Crippen molar-refractivity contribution in [1.82, 2.24) is 10.3 Å². The molecule has 1 rings (SSSR count). The number of nitrogen functional groups attached to an aromatic ring is 1. The molecule has 0 spiro atoms. The Hall–Kier alpha value is -2.31. The molecular formula is C13H20N4O3. The molecule has 0 saturated carbocycles. The van der Waals surface area contributed by atoms with Gasteiger partial charge in [0.2, 0.25) is 5.91 Å². The summed E-state index contributed by atoms with van der Waals surface area (Å²) in [7, 11) is 2.86. The Labute approximate surface area is 117 Å². The SMILES string of the molecule is CNC(=O)C(C)(C)CNc1nccc(C(=O)OC)c1N. The molecule has 0 atom stereocenters. The van der Waals surface area contributed by atoms with Gasteiger partial charge < -0.3 is 21.1 Å². The monoisotopic (exact) mass is 280 g/mol. The minimum atomic E-state index is -0.635. The van der Waals surface area contributed by atoms with Gasteiger partial charge in [-0.3, -0.25) is 4.79 Å². The first-order valence-electron chi connectivity index (χ1n) is 6.12. The molecule has 0 bridgehead atoms. The molecule has 0 aliphatic heterocycles. The van der Waals surface area contributed by atoms with Crippen LogP contribution in [0.4, 0.5) is 11.5 Å². The standard InChI is InChI=1S/C13H20N4O3/c1-13(2,12(19)15-3)7-17-10-9(14)8(5-6-16-10)11(18)20-4/h5-6H,7,14H2,1-4H3,(H,15,19)(H,16,17). The van der Waals surface area contributed by atoms with E-state index in [1.165, 1.54) is 19.4 Å². The van der Waals surface area contributed by atoms with Gasteiger partial charge in [-0.25, -0.2) is 9.78 Å². The number of hydrogen-bond acceptors (Lipinski definition) is 6. The summed E-state index contributed by atoms with van der Waals surface area (Å²) in [5.74, 6) is -0.281. The van der Waals surface area contributed by atoms with Gasteiger partial charge in [-0.1, -0.05) is 0 Å². The van der Waals surface area contributed by atoms with Gasteiger partial charge in [0.25, 0.3) is 0 Å². The van der Waals surface area contributed by atoms with Crippen LogP contribution in [0.1, 0.15) is 24.2 Å². The molecule has 0 saturated heterocycles. The van der Waals surface area contributed by atoms with Crippen molar-refractivity contribution in [1.29, 1.82) is 0 Å². The molecule has 1 aromatic heterocycles. The van der Waals surface area contributed by atoms with Crippen molar-refractivity contribution in [3.8, 4) is 0 Å². The lowest BCUT2D eigenvalue weighted by Crippen LogP contribution is -2.39. The first kappa shape index (κ1) is 15.7. The lowest BCUT2D eigenvalue weighted by Gasteiger charge is -2.23. The molecule has 1 aromatic rings. The fraction of sp³-hybridized carbons (Fsp3) is 0.462. The number of anilines is 2. The zero-order chi connectivity index (χ0) is 15.3. The number of ether oxygens (including phenoxy) is 1. The van der Waals surface area contributed by atoms with Gasteiger partial charge in [0.15, 0.2) is 0 Å². The summed E-state index contributed by atoms with van der Waals surface area (Å²) in [6, 6.07) is 1.48. The smallest absolute Gasteiger partial charge is 0.340 e. The second-order valence-electron chi connectivity index (χ2n) is 4.93. The molecule has 7 heteroatoms. The number of methoxy groups -OCH3 is 1. The Morgan fingerprint density at radius 3 is 2.65 bits per heavy atom. The minimum absolute atomic E-state index is 0.104. The van der Waals surface area contributed by atoms with Crippen molar-refractivity contribution < 1.29 is 14.3 Å². The van der Waals surface area contributed by atoms with E-state index in [-0.39, 0.29) is 17.2 Å². The average Bonchev–Trinajstić information content (AvgIpc) is 2.44. The third-order valence-electron chi connectivity index (χ3n) is 2.93. The van der Waals surface area contributed by atoms with Crippen molar-refractivity contribution >= 4 is 23.4 Å². The third kappa shape index (κ3) is 3.37. The Bertz CT molecular complexity index is 514. The highest BCUT2D eigenvalue weighted by atomic mass is 16.5. The molecule has 0 aromatic carbocycles.